The average Bonchev–Trinajstić information content (AvgIpc) is 2.23. The van der Waals surface area contributed by atoms with Crippen molar-refractivity contribution < 1.29 is 18.3 Å². The number of halogens is 3. The number of carbonyl (C=O) groups excluding carboxylic acids is 1. The molecule has 0 unspecified atom stereocenters. The van der Waals surface area contributed by atoms with Gasteiger partial charge in [-0.15, -0.1) is 0 Å². The predicted octanol–water partition coefficient (Wildman–Crippen LogP) is 2.16. The fourth-order valence-corrected chi connectivity index (χ4v) is 1.13. The van der Waals surface area contributed by atoms with Gasteiger partial charge in [0.05, 0.1) is 12.1 Å². The van der Waals surface area contributed by atoms with Gasteiger partial charge in [0.2, 0.25) is 0 Å². The molecule has 0 saturated heterocycles. The van der Waals surface area contributed by atoms with Crippen LogP contribution in [0.4, 0.5) is 8.78 Å². The molecule has 1 aromatic rings. The summed E-state index contributed by atoms with van der Waals surface area (Å²) in [6.07, 6.45) is 0. The lowest BCUT2D eigenvalue weighted by atomic mass is 10.1. The van der Waals surface area contributed by atoms with Gasteiger partial charge in [0.1, 0.15) is 5.71 Å². The first-order chi connectivity index (χ1) is 6.97. The number of esters is 1. The standard InChI is InChI=1S/C9H6ClF2NO2/c1-15-9(14)8(13)4-2-5(10)7(12)6(11)3-4/h2-3,13H,1H3. The lowest BCUT2D eigenvalue weighted by Crippen LogP contribution is -2.16. The molecule has 6 heteroatoms. The van der Waals surface area contributed by atoms with E-state index in [1.807, 2.05) is 0 Å². The molecule has 0 aromatic heterocycles. The van der Waals surface area contributed by atoms with Crippen LogP contribution < -0.4 is 0 Å². The van der Waals surface area contributed by atoms with E-state index in [1.165, 1.54) is 0 Å². The Morgan fingerprint density at radius 3 is 2.53 bits per heavy atom. The Labute approximate surface area is 89.1 Å². The molecule has 0 spiro atoms. The Hall–Kier alpha value is -1.49. The maximum atomic E-state index is 12.9. The Kier molecular flexibility index (Phi) is 3.36. The average molecular weight is 234 g/mol. The molecular weight excluding hydrogens is 228 g/mol. The monoisotopic (exact) mass is 233 g/mol. The first kappa shape index (κ1) is 11.6. The predicted molar refractivity (Wildman–Crippen MR) is 50.2 cm³/mol. The van der Waals surface area contributed by atoms with Crippen molar-refractivity contribution in [3.05, 3.63) is 34.4 Å². The van der Waals surface area contributed by atoms with Crippen LogP contribution >= 0.6 is 11.6 Å². The van der Waals surface area contributed by atoms with E-state index in [0.717, 1.165) is 13.2 Å². The van der Waals surface area contributed by atoms with Crippen molar-refractivity contribution in [1.29, 1.82) is 5.41 Å². The van der Waals surface area contributed by atoms with E-state index in [9.17, 15) is 13.6 Å². The Balaban J connectivity index is 3.17. The summed E-state index contributed by atoms with van der Waals surface area (Å²) in [6.45, 7) is 0. The van der Waals surface area contributed by atoms with E-state index in [4.69, 9.17) is 17.0 Å². The van der Waals surface area contributed by atoms with Crippen LogP contribution in [0.2, 0.25) is 5.02 Å². The third-order valence-electron chi connectivity index (χ3n) is 1.66. The second-order valence-electron chi connectivity index (χ2n) is 2.62. The van der Waals surface area contributed by atoms with E-state index in [-0.39, 0.29) is 5.56 Å². The van der Waals surface area contributed by atoms with Crippen LogP contribution in [0, 0.1) is 17.0 Å². The Morgan fingerprint density at radius 2 is 2.07 bits per heavy atom. The number of nitrogens with one attached hydrogen (secondary N) is 1. The van der Waals surface area contributed by atoms with E-state index >= 15 is 0 Å². The molecule has 0 heterocycles. The summed E-state index contributed by atoms with van der Waals surface area (Å²) in [4.78, 5) is 10.9. The maximum Gasteiger partial charge on any atom is 0.356 e. The highest BCUT2D eigenvalue weighted by Crippen LogP contribution is 2.20. The molecule has 0 aliphatic carbocycles. The van der Waals surface area contributed by atoms with Gasteiger partial charge >= 0.3 is 5.97 Å². The van der Waals surface area contributed by atoms with Gasteiger partial charge in [-0.1, -0.05) is 11.6 Å². The van der Waals surface area contributed by atoms with Crippen molar-refractivity contribution in [2.24, 2.45) is 0 Å². The SMILES string of the molecule is COC(=O)C(=N)c1cc(F)c(F)c(Cl)c1. The number of methoxy groups -OCH3 is 1. The highest BCUT2D eigenvalue weighted by atomic mass is 35.5. The lowest BCUT2D eigenvalue weighted by molar-refractivity contribution is -0.132. The molecule has 1 N–H and O–H groups in total. The van der Waals surface area contributed by atoms with Crippen molar-refractivity contribution in [2.45, 2.75) is 0 Å². The van der Waals surface area contributed by atoms with Crippen LogP contribution in [0.25, 0.3) is 0 Å². The lowest BCUT2D eigenvalue weighted by Gasteiger charge is -2.03. The minimum Gasteiger partial charge on any atom is -0.464 e. The largest absolute Gasteiger partial charge is 0.464 e. The second-order valence-corrected chi connectivity index (χ2v) is 3.03. The van der Waals surface area contributed by atoms with Crippen LogP contribution in [0.5, 0.6) is 0 Å². The zero-order valence-corrected chi connectivity index (χ0v) is 8.36. The smallest absolute Gasteiger partial charge is 0.356 e. The number of carbonyl (C=O) groups is 1. The summed E-state index contributed by atoms with van der Waals surface area (Å²) in [6, 6.07) is 1.69. The van der Waals surface area contributed by atoms with Gasteiger partial charge in [-0.25, -0.2) is 13.6 Å². The van der Waals surface area contributed by atoms with Gasteiger partial charge in [-0.05, 0) is 12.1 Å². The van der Waals surface area contributed by atoms with Crippen LogP contribution in [0.15, 0.2) is 12.1 Å². The summed E-state index contributed by atoms with van der Waals surface area (Å²) >= 11 is 5.35. The minimum absolute atomic E-state index is 0.134. The zero-order valence-electron chi connectivity index (χ0n) is 7.61. The first-order valence-electron chi connectivity index (χ1n) is 3.79. The van der Waals surface area contributed by atoms with Gasteiger partial charge in [0.25, 0.3) is 0 Å². The summed E-state index contributed by atoms with van der Waals surface area (Å²) < 4.78 is 29.9. The number of benzene rings is 1. The molecule has 15 heavy (non-hydrogen) atoms. The van der Waals surface area contributed by atoms with Crippen molar-refractivity contribution >= 4 is 23.3 Å². The number of hydrogen-bond donors (Lipinski definition) is 1. The molecule has 0 atom stereocenters. The summed E-state index contributed by atoms with van der Waals surface area (Å²) in [7, 11) is 1.08. The molecule has 0 saturated carbocycles. The van der Waals surface area contributed by atoms with Crippen molar-refractivity contribution in [3.63, 3.8) is 0 Å². The maximum absolute atomic E-state index is 12.9. The Morgan fingerprint density at radius 1 is 1.47 bits per heavy atom. The molecule has 0 bridgehead atoms. The normalized spacial score (nSPS) is 9.87. The van der Waals surface area contributed by atoms with Crippen LogP contribution in [-0.4, -0.2) is 18.8 Å². The molecule has 1 aromatic carbocycles. The molecule has 0 radical (unpaired) electrons. The van der Waals surface area contributed by atoms with Crippen LogP contribution in [0.3, 0.4) is 0 Å². The third-order valence-corrected chi connectivity index (χ3v) is 1.94. The molecule has 0 fully saturated rings. The van der Waals surface area contributed by atoms with Crippen LogP contribution in [0.1, 0.15) is 5.56 Å². The summed E-state index contributed by atoms with van der Waals surface area (Å²) in [5.41, 5.74) is -0.718. The van der Waals surface area contributed by atoms with Crippen molar-refractivity contribution in [1.82, 2.24) is 0 Å². The topological polar surface area (TPSA) is 50.2 Å². The Bertz CT molecular complexity index is 411. The molecule has 0 aliphatic heterocycles. The summed E-state index contributed by atoms with van der Waals surface area (Å²) in [5.74, 6) is -3.37. The molecule has 3 nitrogen and oxygen atoms in total. The number of rotatable bonds is 2. The van der Waals surface area contributed by atoms with E-state index < -0.39 is 28.3 Å². The molecular formula is C9H6ClF2NO2. The fraction of sp³-hybridized carbons (Fsp3) is 0.111. The van der Waals surface area contributed by atoms with Crippen molar-refractivity contribution in [2.75, 3.05) is 7.11 Å². The molecule has 0 amide bonds. The summed E-state index contributed by atoms with van der Waals surface area (Å²) in [5, 5.41) is 6.79. The highest BCUT2D eigenvalue weighted by molar-refractivity contribution is 6.42. The first-order valence-corrected chi connectivity index (χ1v) is 4.17. The highest BCUT2D eigenvalue weighted by Gasteiger charge is 2.16. The van der Waals surface area contributed by atoms with E-state index in [2.05, 4.69) is 4.74 Å². The number of ether oxygens (including phenoxy) is 1. The van der Waals surface area contributed by atoms with Crippen molar-refractivity contribution in [3.8, 4) is 0 Å². The van der Waals surface area contributed by atoms with Gasteiger partial charge < -0.3 is 4.74 Å². The van der Waals surface area contributed by atoms with Gasteiger partial charge in [0, 0.05) is 5.56 Å². The minimum atomic E-state index is -1.22. The second kappa shape index (κ2) is 4.35. The van der Waals surface area contributed by atoms with E-state index in [1.54, 1.807) is 0 Å². The van der Waals surface area contributed by atoms with Crippen LogP contribution in [-0.2, 0) is 9.53 Å². The van der Waals surface area contributed by atoms with Gasteiger partial charge in [-0.2, -0.15) is 0 Å². The fourth-order valence-electron chi connectivity index (χ4n) is 0.920. The zero-order chi connectivity index (χ0) is 11.6. The van der Waals surface area contributed by atoms with Gasteiger partial charge in [0.15, 0.2) is 11.6 Å². The van der Waals surface area contributed by atoms with Gasteiger partial charge in [-0.3, -0.25) is 5.41 Å². The molecule has 1 rings (SSSR count). The number of hydrogen-bond acceptors (Lipinski definition) is 3. The van der Waals surface area contributed by atoms with E-state index in [0.29, 0.717) is 6.07 Å². The quantitative estimate of drug-likeness (QED) is 0.483. The third kappa shape index (κ3) is 2.30. The molecule has 0 aliphatic rings. The molecule has 80 valence electrons.